The molecule has 178 valence electrons. The van der Waals surface area contributed by atoms with Gasteiger partial charge in [0.25, 0.3) is 0 Å². The third-order valence-electron chi connectivity index (χ3n) is 7.22. The smallest absolute Gasteiger partial charge is 0.331 e. The molecule has 32 heavy (non-hydrogen) atoms. The van der Waals surface area contributed by atoms with Crippen LogP contribution in [0.4, 0.5) is 0 Å². The fourth-order valence-corrected chi connectivity index (χ4v) is 5.03. The monoisotopic (exact) mass is 444 g/mol. The number of hydrogen-bond acceptors (Lipinski definition) is 5. The van der Waals surface area contributed by atoms with Gasteiger partial charge in [-0.25, -0.2) is 4.79 Å². The minimum atomic E-state index is -0.441. The molecule has 1 aliphatic heterocycles. The van der Waals surface area contributed by atoms with Crippen LogP contribution in [0.15, 0.2) is 47.1 Å². The molecule has 0 spiro atoms. The van der Waals surface area contributed by atoms with Gasteiger partial charge in [0.2, 0.25) is 0 Å². The molecule has 0 radical (unpaired) electrons. The number of hydrogen-bond donors (Lipinski definition) is 1. The van der Waals surface area contributed by atoms with Crippen molar-refractivity contribution in [2.75, 3.05) is 13.2 Å². The van der Waals surface area contributed by atoms with Gasteiger partial charge in [0.05, 0.1) is 6.61 Å². The molecule has 1 N–H and O–H groups in total. The number of aliphatic hydroxyl groups is 1. The second-order valence-electron chi connectivity index (χ2n) is 9.50. The fourth-order valence-electron chi connectivity index (χ4n) is 5.03. The zero-order chi connectivity index (χ0) is 23.7. The standard InChI is InChI=1S/C27H40O5/c1-19(2)27(14-7-9-21(27)4)15-13-20(3)8-6-10-23(18-31-22(5)29)11-12-25-24(17-28)16-26(30)32-25/h8,11,16,21,25,28H,1,6-7,9-10,12-15,17-18H2,2-5H3/b20-8+,23-11+/t21-,25-,27+/m1/s1. The minimum absolute atomic E-state index is 0.199. The summed E-state index contributed by atoms with van der Waals surface area (Å²) < 4.78 is 10.4. The van der Waals surface area contributed by atoms with Gasteiger partial charge in [-0.1, -0.05) is 43.2 Å². The summed E-state index contributed by atoms with van der Waals surface area (Å²) in [5.41, 5.74) is 4.57. The predicted octanol–water partition coefficient (Wildman–Crippen LogP) is 5.60. The Morgan fingerprint density at radius 2 is 2.06 bits per heavy atom. The van der Waals surface area contributed by atoms with E-state index in [9.17, 15) is 14.7 Å². The van der Waals surface area contributed by atoms with E-state index in [4.69, 9.17) is 9.47 Å². The summed E-state index contributed by atoms with van der Waals surface area (Å²) in [6, 6.07) is 0. The van der Waals surface area contributed by atoms with Crippen LogP contribution in [-0.4, -0.2) is 36.4 Å². The van der Waals surface area contributed by atoms with E-state index >= 15 is 0 Å². The second-order valence-corrected chi connectivity index (χ2v) is 9.50. The molecule has 1 heterocycles. The minimum Gasteiger partial charge on any atom is -0.461 e. The van der Waals surface area contributed by atoms with Crippen LogP contribution in [0.3, 0.4) is 0 Å². The second kappa shape index (κ2) is 12.2. The molecule has 5 heteroatoms. The largest absolute Gasteiger partial charge is 0.461 e. The zero-order valence-corrected chi connectivity index (χ0v) is 20.2. The van der Waals surface area contributed by atoms with Crippen LogP contribution in [0.5, 0.6) is 0 Å². The van der Waals surface area contributed by atoms with Crippen LogP contribution in [-0.2, 0) is 19.1 Å². The molecule has 0 unspecified atom stereocenters. The van der Waals surface area contributed by atoms with Crippen molar-refractivity contribution in [3.8, 4) is 0 Å². The van der Waals surface area contributed by atoms with Crippen molar-refractivity contribution in [1.82, 2.24) is 0 Å². The molecule has 1 aliphatic carbocycles. The van der Waals surface area contributed by atoms with Crippen LogP contribution in [0.1, 0.15) is 79.1 Å². The normalized spacial score (nSPS) is 26.2. The first-order chi connectivity index (χ1) is 15.2. The Hall–Kier alpha value is -2.14. The van der Waals surface area contributed by atoms with Gasteiger partial charge in [0, 0.05) is 25.0 Å². The molecule has 0 aromatic carbocycles. The number of ether oxygens (including phenoxy) is 2. The first-order valence-electron chi connectivity index (χ1n) is 11.8. The lowest BCUT2D eigenvalue weighted by molar-refractivity contribution is -0.140. The number of esters is 2. The van der Waals surface area contributed by atoms with E-state index in [1.54, 1.807) is 0 Å². The molecular formula is C27H40O5. The van der Waals surface area contributed by atoms with Gasteiger partial charge in [-0.15, -0.1) is 0 Å². The third kappa shape index (κ3) is 7.19. The Bertz CT molecular complexity index is 788. The van der Waals surface area contributed by atoms with Gasteiger partial charge in [0.15, 0.2) is 0 Å². The van der Waals surface area contributed by atoms with Gasteiger partial charge in [-0.2, -0.15) is 0 Å². The number of aliphatic hydroxyl groups excluding tert-OH is 1. The van der Waals surface area contributed by atoms with E-state index < -0.39 is 12.1 Å². The van der Waals surface area contributed by atoms with E-state index in [0.29, 0.717) is 17.9 Å². The number of rotatable bonds is 12. The number of carbonyl (C=O) groups is 2. The maximum Gasteiger partial charge on any atom is 0.331 e. The quantitative estimate of drug-likeness (QED) is 0.313. The summed E-state index contributed by atoms with van der Waals surface area (Å²) in [6.07, 6.45) is 13.3. The van der Waals surface area contributed by atoms with Gasteiger partial charge in [-0.05, 0) is 69.3 Å². The van der Waals surface area contributed by atoms with Crippen molar-refractivity contribution in [3.05, 3.63) is 47.1 Å². The summed E-state index contributed by atoms with van der Waals surface area (Å²) in [5, 5.41) is 9.39. The first kappa shape index (κ1) is 26.1. The van der Waals surface area contributed by atoms with E-state index in [0.717, 1.165) is 31.3 Å². The Morgan fingerprint density at radius 1 is 1.31 bits per heavy atom. The molecule has 1 fully saturated rings. The maximum absolute atomic E-state index is 11.5. The van der Waals surface area contributed by atoms with Crippen molar-refractivity contribution in [2.45, 2.75) is 85.2 Å². The first-order valence-corrected chi connectivity index (χ1v) is 11.8. The Labute approximate surface area is 193 Å². The molecule has 5 nitrogen and oxygen atoms in total. The van der Waals surface area contributed by atoms with Crippen LogP contribution >= 0.6 is 0 Å². The van der Waals surface area contributed by atoms with Crippen molar-refractivity contribution < 1.29 is 24.2 Å². The van der Waals surface area contributed by atoms with Crippen LogP contribution in [0.2, 0.25) is 0 Å². The molecule has 0 saturated heterocycles. The predicted molar refractivity (Wildman–Crippen MR) is 127 cm³/mol. The van der Waals surface area contributed by atoms with Gasteiger partial charge in [-0.3, -0.25) is 4.79 Å². The highest BCUT2D eigenvalue weighted by atomic mass is 16.5. The SMILES string of the molecule is C=C(C)[C@@]1(CC/C(C)=C/CC/C(=C\C[C@H]2OC(=O)C=C2CO)COC(C)=O)CCC[C@H]1C. The van der Waals surface area contributed by atoms with Gasteiger partial charge in [0.1, 0.15) is 12.7 Å². The van der Waals surface area contributed by atoms with E-state index in [-0.39, 0.29) is 24.6 Å². The van der Waals surface area contributed by atoms with Crippen molar-refractivity contribution in [2.24, 2.45) is 11.3 Å². The zero-order valence-electron chi connectivity index (χ0n) is 20.2. The van der Waals surface area contributed by atoms with Gasteiger partial charge >= 0.3 is 11.9 Å². The molecule has 3 atom stereocenters. The molecule has 2 rings (SSSR count). The average Bonchev–Trinajstić information content (AvgIpc) is 3.30. The highest BCUT2D eigenvalue weighted by Gasteiger charge is 2.40. The van der Waals surface area contributed by atoms with E-state index in [1.165, 1.54) is 43.4 Å². The molecule has 0 aromatic rings. The maximum atomic E-state index is 11.5. The van der Waals surface area contributed by atoms with Crippen LogP contribution < -0.4 is 0 Å². The third-order valence-corrected chi connectivity index (χ3v) is 7.22. The summed E-state index contributed by atoms with van der Waals surface area (Å²) in [7, 11) is 0. The number of allylic oxidation sites excluding steroid dienone is 3. The summed E-state index contributed by atoms with van der Waals surface area (Å²) in [4.78, 5) is 22.7. The lowest BCUT2D eigenvalue weighted by Crippen LogP contribution is -2.24. The molecule has 0 amide bonds. The van der Waals surface area contributed by atoms with E-state index in [1.807, 2.05) is 6.08 Å². The molecule has 1 saturated carbocycles. The summed E-state index contributed by atoms with van der Waals surface area (Å²) in [6.45, 7) is 12.5. The topological polar surface area (TPSA) is 72.8 Å². The van der Waals surface area contributed by atoms with Gasteiger partial charge < -0.3 is 14.6 Å². The molecule has 0 bridgehead atoms. The highest BCUT2D eigenvalue weighted by Crippen LogP contribution is 2.51. The Balaban J connectivity index is 1.92. The molecular weight excluding hydrogens is 404 g/mol. The number of cyclic esters (lactones) is 1. The highest BCUT2D eigenvalue weighted by molar-refractivity contribution is 5.85. The summed E-state index contributed by atoms with van der Waals surface area (Å²) >= 11 is 0. The number of carbonyl (C=O) groups excluding carboxylic acids is 2. The lowest BCUT2D eigenvalue weighted by atomic mass is 9.70. The van der Waals surface area contributed by atoms with Crippen molar-refractivity contribution in [3.63, 3.8) is 0 Å². The van der Waals surface area contributed by atoms with Crippen LogP contribution in [0.25, 0.3) is 0 Å². The van der Waals surface area contributed by atoms with Crippen molar-refractivity contribution >= 4 is 11.9 Å². The lowest BCUT2D eigenvalue weighted by Gasteiger charge is -2.35. The van der Waals surface area contributed by atoms with E-state index in [2.05, 4.69) is 33.4 Å². The van der Waals surface area contributed by atoms with Crippen molar-refractivity contribution in [1.29, 1.82) is 0 Å². The summed E-state index contributed by atoms with van der Waals surface area (Å²) in [5.74, 6) is -0.0353. The molecule has 2 aliphatic rings. The fraction of sp³-hybridized carbons (Fsp3) is 0.630. The Kier molecular flexibility index (Phi) is 9.95. The van der Waals surface area contributed by atoms with Crippen LogP contribution in [0, 0.1) is 11.3 Å². The molecule has 0 aromatic heterocycles. The average molecular weight is 445 g/mol. The Morgan fingerprint density at radius 3 is 2.66 bits per heavy atom.